The average Bonchev–Trinajstić information content (AvgIpc) is 3.13. The molecule has 0 aliphatic carbocycles. The monoisotopic (exact) mass is 412 g/mol. The molecule has 3 fully saturated rings. The smallest absolute Gasteiger partial charge is 1.00 e. The molecule has 0 radical (unpaired) electrons. The molecular formula is C24H29LiN4O2. The number of aromatic nitrogens is 2. The second-order valence-corrected chi connectivity index (χ2v) is 8.54. The number of nitrogens with zero attached hydrogens (tertiary/aromatic N) is 3. The van der Waals surface area contributed by atoms with Crippen LogP contribution in [0.2, 0.25) is 0 Å². The molecule has 0 saturated carbocycles. The van der Waals surface area contributed by atoms with E-state index in [-0.39, 0.29) is 20.3 Å². The van der Waals surface area contributed by atoms with Crippen molar-refractivity contribution in [1.82, 2.24) is 20.0 Å². The minimum Gasteiger partial charge on any atom is -1.00 e. The second-order valence-electron chi connectivity index (χ2n) is 8.54. The molecule has 1 unspecified atom stereocenters. The van der Waals surface area contributed by atoms with Gasteiger partial charge in [-0.1, -0.05) is 36.4 Å². The van der Waals surface area contributed by atoms with Gasteiger partial charge in [-0.15, -0.1) is 0 Å². The first-order chi connectivity index (χ1) is 14.7. The number of carboxylic acids is 1. The molecule has 3 saturated heterocycles. The van der Waals surface area contributed by atoms with Gasteiger partial charge in [0.25, 0.3) is 0 Å². The third-order valence-electron chi connectivity index (χ3n) is 6.68. The second kappa shape index (κ2) is 9.58. The van der Waals surface area contributed by atoms with Crippen LogP contribution in [0.15, 0.2) is 48.5 Å². The zero-order valence-corrected chi connectivity index (χ0v) is 18.1. The Morgan fingerprint density at radius 1 is 1.13 bits per heavy atom. The minimum atomic E-state index is -0.897. The van der Waals surface area contributed by atoms with Crippen LogP contribution >= 0.6 is 0 Å². The maximum absolute atomic E-state index is 11.9. The number of rotatable bonds is 7. The Morgan fingerprint density at radius 2 is 1.90 bits per heavy atom. The number of piperidine rings is 3. The van der Waals surface area contributed by atoms with Gasteiger partial charge in [0.05, 0.1) is 23.3 Å². The molecule has 4 heterocycles. The van der Waals surface area contributed by atoms with Crippen LogP contribution in [0.3, 0.4) is 0 Å². The molecule has 3 aromatic rings. The van der Waals surface area contributed by atoms with Crippen LogP contribution in [-0.4, -0.2) is 58.0 Å². The molecule has 158 valence electrons. The summed E-state index contributed by atoms with van der Waals surface area (Å²) in [5.74, 6) is -0.122. The van der Waals surface area contributed by atoms with Crippen molar-refractivity contribution >= 4 is 16.9 Å². The first-order valence-electron chi connectivity index (χ1n) is 10.9. The molecule has 0 amide bonds. The summed E-state index contributed by atoms with van der Waals surface area (Å²) in [6, 6.07) is 16.2. The molecule has 2 bridgehead atoms. The average molecular weight is 412 g/mol. The number of nitrogens with one attached hydrogen (secondary N) is 1. The van der Waals surface area contributed by atoms with E-state index in [1.54, 1.807) is 6.07 Å². The largest absolute Gasteiger partial charge is 1.00 e. The van der Waals surface area contributed by atoms with E-state index < -0.39 is 5.97 Å². The number of carboxylic acid groups (broad SMARTS) is 1. The fraction of sp³-hybridized carbons (Fsp3) is 0.417. The van der Waals surface area contributed by atoms with E-state index in [1.807, 2.05) is 35.0 Å². The van der Waals surface area contributed by atoms with Gasteiger partial charge in [0.1, 0.15) is 0 Å². The van der Waals surface area contributed by atoms with Crippen LogP contribution < -0.4 is 24.2 Å². The fourth-order valence-electron chi connectivity index (χ4n) is 5.11. The summed E-state index contributed by atoms with van der Waals surface area (Å²) in [5, 5.41) is 19.1. The SMILES string of the molecule is O=C(O)c1cccc2c1c(CCNC1CN3CCC1CC3)nn2Cc1ccccc1.[H-].[Li+]. The van der Waals surface area contributed by atoms with Crippen molar-refractivity contribution in [3.05, 3.63) is 65.4 Å². The van der Waals surface area contributed by atoms with Crippen LogP contribution in [0.5, 0.6) is 0 Å². The maximum Gasteiger partial charge on any atom is 1.00 e. The minimum absolute atomic E-state index is 0. The van der Waals surface area contributed by atoms with Crippen molar-refractivity contribution in [3.63, 3.8) is 0 Å². The Bertz CT molecular complexity index is 1050. The standard InChI is InChI=1S/C24H28N4O2.Li.H/c29-24(30)19-7-4-8-22-23(19)20(26-28(22)15-17-5-2-1-3-6-17)9-12-25-21-16-27-13-10-18(21)11-14-27;;/h1-8,18,21,25H,9-16H2,(H,29,30);;/q;+1;-1. The maximum atomic E-state index is 11.9. The van der Waals surface area contributed by atoms with Gasteiger partial charge in [-0.2, -0.15) is 5.10 Å². The predicted molar refractivity (Wildman–Crippen MR) is 118 cm³/mol. The molecule has 3 aliphatic heterocycles. The molecule has 0 spiro atoms. The van der Waals surface area contributed by atoms with E-state index in [1.165, 1.54) is 25.9 Å². The van der Waals surface area contributed by atoms with E-state index in [0.717, 1.165) is 47.6 Å². The Morgan fingerprint density at radius 3 is 2.58 bits per heavy atom. The van der Waals surface area contributed by atoms with Crippen molar-refractivity contribution in [2.45, 2.75) is 31.8 Å². The quantitative estimate of drug-likeness (QED) is 0.540. The third kappa shape index (κ3) is 4.58. The van der Waals surface area contributed by atoms with E-state index in [9.17, 15) is 9.90 Å². The molecule has 31 heavy (non-hydrogen) atoms. The van der Waals surface area contributed by atoms with Crippen LogP contribution in [-0.2, 0) is 13.0 Å². The van der Waals surface area contributed by atoms with Gasteiger partial charge in [0.2, 0.25) is 0 Å². The summed E-state index contributed by atoms with van der Waals surface area (Å²) < 4.78 is 1.95. The number of benzene rings is 2. The fourth-order valence-corrected chi connectivity index (χ4v) is 5.11. The molecule has 2 aromatic carbocycles. The molecule has 6 rings (SSSR count). The predicted octanol–water partition coefficient (Wildman–Crippen LogP) is 0.126. The Kier molecular flexibility index (Phi) is 6.83. The zero-order chi connectivity index (χ0) is 20.5. The van der Waals surface area contributed by atoms with Crippen molar-refractivity contribution in [3.8, 4) is 0 Å². The summed E-state index contributed by atoms with van der Waals surface area (Å²) in [4.78, 5) is 14.4. The summed E-state index contributed by atoms with van der Waals surface area (Å²) in [7, 11) is 0. The molecule has 1 atom stereocenters. The van der Waals surface area contributed by atoms with Crippen molar-refractivity contribution < 1.29 is 30.2 Å². The van der Waals surface area contributed by atoms with E-state index in [0.29, 0.717) is 18.2 Å². The summed E-state index contributed by atoms with van der Waals surface area (Å²) in [6.07, 6.45) is 3.30. The molecule has 2 N–H and O–H groups in total. The Hall–Kier alpha value is -2.10. The summed E-state index contributed by atoms with van der Waals surface area (Å²) in [6.45, 7) is 5.06. The number of fused-ring (bicyclic) bond motifs is 4. The molecule has 7 heteroatoms. The van der Waals surface area contributed by atoms with Crippen LogP contribution in [0, 0.1) is 5.92 Å². The number of aromatic carboxylic acids is 1. The van der Waals surface area contributed by atoms with Gasteiger partial charge in [0.15, 0.2) is 0 Å². The van der Waals surface area contributed by atoms with Crippen molar-refractivity contribution in [2.75, 3.05) is 26.2 Å². The normalized spacial score (nSPS) is 22.4. The molecule has 1 aromatic heterocycles. The zero-order valence-electron chi connectivity index (χ0n) is 19.1. The number of hydrogen-bond donors (Lipinski definition) is 2. The Labute approximate surface area is 196 Å². The Balaban J connectivity index is 0.00000144. The van der Waals surface area contributed by atoms with Crippen LogP contribution in [0.1, 0.15) is 35.9 Å². The van der Waals surface area contributed by atoms with E-state index in [4.69, 9.17) is 5.10 Å². The van der Waals surface area contributed by atoms with Gasteiger partial charge in [-0.25, -0.2) is 4.79 Å². The van der Waals surface area contributed by atoms with Gasteiger partial charge in [-0.05, 0) is 49.5 Å². The number of hydrogen-bond acceptors (Lipinski definition) is 4. The van der Waals surface area contributed by atoms with Crippen molar-refractivity contribution in [2.24, 2.45) is 5.92 Å². The summed E-state index contributed by atoms with van der Waals surface area (Å²) >= 11 is 0. The molecule has 6 nitrogen and oxygen atoms in total. The van der Waals surface area contributed by atoms with Gasteiger partial charge < -0.3 is 16.7 Å². The van der Waals surface area contributed by atoms with Gasteiger partial charge in [-0.3, -0.25) is 4.68 Å². The van der Waals surface area contributed by atoms with E-state index >= 15 is 0 Å². The third-order valence-corrected chi connectivity index (χ3v) is 6.68. The number of carbonyl (C=O) groups is 1. The molecular weight excluding hydrogens is 383 g/mol. The van der Waals surface area contributed by atoms with Gasteiger partial charge >= 0.3 is 24.8 Å². The van der Waals surface area contributed by atoms with Crippen molar-refractivity contribution in [1.29, 1.82) is 0 Å². The van der Waals surface area contributed by atoms with E-state index in [2.05, 4.69) is 22.3 Å². The molecule has 3 aliphatic rings. The van der Waals surface area contributed by atoms with Gasteiger partial charge in [0, 0.05) is 30.9 Å². The first-order valence-corrected chi connectivity index (χ1v) is 10.9. The first kappa shape index (κ1) is 22.1. The van der Waals surface area contributed by atoms with Crippen LogP contribution in [0.4, 0.5) is 0 Å². The summed E-state index contributed by atoms with van der Waals surface area (Å²) in [5.41, 5.74) is 3.24. The topological polar surface area (TPSA) is 70.4 Å². The van der Waals surface area contributed by atoms with Crippen LogP contribution in [0.25, 0.3) is 10.9 Å².